The first kappa shape index (κ1) is 16.0. The van der Waals surface area contributed by atoms with E-state index in [0.717, 1.165) is 18.9 Å². The first-order valence-electron chi connectivity index (χ1n) is 6.47. The lowest BCUT2D eigenvalue weighted by atomic mass is 9.84. The molecule has 19 heavy (non-hydrogen) atoms. The minimum atomic E-state index is -0.582. The Labute approximate surface area is 113 Å². The average molecular weight is 272 g/mol. The maximum Gasteiger partial charge on any atom is 0.126 e. The molecule has 1 rings (SSSR count). The third kappa shape index (κ3) is 3.72. The van der Waals surface area contributed by atoms with Gasteiger partial charge in [-0.3, -0.25) is 11.3 Å². The zero-order valence-electron chi connectivity index (χ0n) is 11.7. The van der Waals surface area contributed by atoms with Gasteiger partial charge in [-0.05, 0) is 37.0 Å². The fraction of sp³-hybridized carbons (Fsp3) is 0.571. The van der Waals surface area contributed by atoms with E-state index in [1.807, 2.05) is 13.8 Å². The summed E-state index contributed by atoms with van der Waals surface area (Å²) in [5, 5.41) is 0. The van der Waals surface area contributed by atoms with Gasteiger partial charge in [0.25, 0.3) is 0 Å². The SMILES string of the molecule is CCC(CC)(OC)C(Cc1cc(F)cc(F)c1)NN. The lowest BCUT2D eigenvalue weighted by molar-refractivity contribution is -0.0473. The van der Waals surface area contributed by atoms with Gasteiger partial charge >= 0.3 is 0 Å². The number of nitrogens with one attached hydrogen (secondary N) is 1. The Bertz CT molecular complexity index is 380. The zero-order valence-corrected chi connectivity index (χ0v) is 11.7. The topological polar surface area (TPSA) is 47.3 Å². The van der Waals surface area contributed by atoms with E-state index >= 15 is 0 Å². The number of rotatable bonds is 7. The van der Waals surface area contributed by atoms with Crippen LogP contribution in [0, 0.1) is 11.6 Å². The van der Waals surface area contributed by atoms with Gasteiger partial charge in [0.2, 0.25) is 0 Å². The second-order valence-corrected chi connectivity index (χ2v) is 4.68. The van der Waals surface area contributed by atoms with Crippen LogP contribution in [0.2, 0.25) is 0 Å². The summed E-state index contributed by atoms with van der Waals surface area (Å²) >= 11 is 0. The molecule has 0 saturated carbocycles. The molecule has 3 N–H and O–H groups in total. The number of hydrazine groups is 1. The molecule has 0 spiro atoms. The highest BCUT2D eigenvalue weighted by atomic mass is 19.1. The van der Waals surface area contributed by atoms with Gasteiger partial charge < -0.3 is 4.74 Å². The third-order valence-electron chi connectivity index (χ3n) is 3.80. The zero-order chi connectivity index (χ0) is 14.5. The number of methoxy groups -OCH3 is 1. The van der Waals surface area contributed by atoms with Crippen LogP contribution in [-0.4, -0.2) is 18.8 Å². The normalized spacial score (nSPS) is 13.6. The Kier molecular flexibility index (Phi) is 5.85. The highest BCUT2D eigenvalue weighted by molar-refractivity contribution is 5.20. The van der Waals surface area contributed by atoms with Crippen molar-refractivity contribution in [3.8, 4) is 0 Å². The Balaban J connectivity index is 2.98. The summed E-state index contributed by atoms with van der Waals surface area (Å²) in [7, 11) is 1.63. The summed E-state index contributed by atoms with van der Waals surface area (Å²) in [6.07, 6.45) is 1.92. The van der Waals surface area contributed by atoms with Gasteiger partial charge in [0.1, 0.15) is 11.6 Å². The highest BCUT2D eigenvalue weighted by Gasteiger charge is 2.35. The molecule has 0 heterocycles. The Morgan fingerprint density at radius 2 is 1.74 bits per heavy atom. The van der Waals surface area contributed by atoms with Crippen LogP contribution in [-0.2, 0) is 11.2 Å². The van der Waals surface area contributed by atoms with Gasteiger partial charge in [-0.15, -0.1) is 0 Å². The molecule has 108 valence electrons. The molecule has 0 aromatic heterocycles. The van der Waals surface area contributed by atoms with Crippen molar-refractivity contribution in [2.75, 3.05) is 7.11 Å². The molecular weight excluding hydrogens is 250 g/mol. The monoisotopic (exact) mass is 272 g/mol. The molecular formula is C14H22F2N2O. The fourth-order valence-corrected chi connectivity index (χ4v) is 2.54. The van der Waals surface area contributed by atoms with E-state index in [1.54, 1.807) is 7.11 Å². The van der Waals surface area contributed by atoms with Crippen molar-refractivity contribution in [1.82, 2.24) is 5.43 Å². The molecule has 0 aliphatic rings. The molecule has 0 saturated heterocycles. The summed E-state index contributed by atoms with van der Waals surface area (Å²) in [5.74, 6) is 4.43. The quantitative estimate of drug-likeness (QED) is 0.592. The van der Waals surface area contributed by atoms with Gasteiger partial charge in [-0.25, -0.2) is 8.78 Å². The molecule has 0 fully saturated rings. The largest absolute Gasteiger partial charge is 0.377 e. The van der Waals surface area contributed by atoms with Crippen molar-refractivity contribution in [3.05, 3.63) is 35.4 Å². The summed E-state index contributed by atoms with van der Waals surface area (Å²) in [5.41, 5.74) is 2.83. The van der Waals surface area contributed by atoms with Crippen LogP contribution in [0.4, 0.5) is 8.78 Å². The predicted molar refractivity (Wildman–Crippen MR) is 71.5 cm³/mol. The standard InChI is InChI=1S/C14H22F2N2O/c1-4-14(5-2,19-3)13(18-17)8-10-6-11(15)9-12(16)7-10/h6-7,9,13,18H,4-5,8,17H2,1-3H3. The molecule has 0 amide bonds. The smallest absolute Gasteiger partial charge is 0.126 e. The molecule has 3 nitrogen and oxygen atoms in total. The fourth-order valence-electron chi connectivity index (χ4n) is 2.54. The van der Waals surface area contributed by atoms with Crippen molar-refractivity contribution in [1.29, 1.82) is 0 Å². The van der Waals surface area contributed by atoms with E-state index in [1.165, 1.54) is 12.1 Å². The van der Waals surface area contributed by atoms with Crippen LogP contribution in [0.1, 0.15) is 32.3 Å². The molecule has 0 radical (unpaired) electrons. The van der Waals surface area contributed by atoms with Crippen molar-refractivity contribution >= 4 is 0 Å². The van der Waals surface area contributed by atoms with Crippen LogP contribution in [0.15, 0.2) is 18.2 Å². The van der Waals surface area contributed by atoms with E-state index in [0.29, 0.717) is 12.0 Å². The maximum atomic E-state index is 13.2. The summed E-state index contributed by atoms with van der Waals surface area (Å²) in [4.78, 5) is 0. The summed E-state index contributed by atoms with van der Waals surface area (Å²) in [6.45, 7) is 4.01. The molecule has 5 heteroatoms. The minimum Gasteiger partial charge on any atom is -0.377 e. The van der Waals surface area contributed by atoms with E-state index in [9.17, 15) is 8.78 Å². The lowest BCUT2D eigenvalue weighted by Crippen LogP contribution is -2.55. The molecule has 1 aromatic carbocycles. The molecule has 1 unspecified atom stereocenters. The first-order valence-corrected chi connectivity index (χ1v) is 6.47. The molecule has 0 aliphatic carbocycles. The maximum absolute atomic E-state index is 13.2. The number of halogens is 2. The van der Waals surface area contributed by atoms with Crippen LogP contribution in [0.25, 0.3) is 0 Å². The van der Waals surface area contributed by atoms with Crippen molar-refractivity contribution in [2.24, 2.45) is 5.84 Å². The van der Waals surface area contributed by atoms with E-state index < -0.39 is 17.2 Å². The van der Waals surface area contributed by atoms with Gasteiger partial charge in [-0.2, -0.15) is 0 Å². The van der Waals surface area contributed by atoms with Gasteiger partial charge in [0.15, 0.2) is 0 Å². The number of benzene rings is 1. The Morgan fingerprint density at radius 1 is 1.21 bits per heavy atom. The predicted octanol–water partition coefficient (Wildman–Crippen LogP) is 2.54. The molecule has 1 aromatic rings. The van der Waals surface area contributed by atoms with Gasteiger partial charge in [0, 0.05) is 13.2 Å². The second kappa shape index (κ2) is 6.93. The molecule has 1 atom stereocenters. The molecule has 0 aliphatic heterocycles. The molecule has 0 bridgehead atoms. The Hall–Kier alpha value is -1.04. The number of ether oxygens (including phenoxy) is 1. The highest BCUT2D eigenvalue weighted by Crippen LogP contribution is 2.26. The van der Waals surface area contributed by atoms with Crippen molar-refractivity contribution in [2.45, 2.75) is 44.8 Å². The van der Waals surface area contributed by atoms with E-state index in [-0.39, 0.29) is 6.04 Å². The summed E-state index contributed by atoms with van der Waals surface area (Å²) in [6, 6.07) is 3.28. The lowest BCUT2D eigenvalue weighted by Gasteiger charge is -2.38. The third-order valence-corrected chi connectivity index (χ3v) is 3.80. The van der Waals surface area contributed by atoms with Crippen LogP contribution < -0.4 is 11.3 Å². The second-order valence-electron chi connectivity index (χ2n) is 4.68. The van der Waals surface area contributed by atoms with Gasteiger partial charge in [-0.1, -0.05) is 13.8 Å². The van der Waals surface area contributed by atoms with Gasteiger partial charge in [0.05, 0.1) is 11.6 Å². The van der Waals surface area contributed by atoms with Crippen molar-refractivity contribution < 1.29 is 13.5 Å². The number of hydrogen-bond donors (Lipinski definition) is 2. The minimum absolute atomic E-state index is 0.214. The van der Waals surface area contributed by atoms with Crippen LogP contribution in [0.5, 0.6) is 0 Å². The summed E-state index contributed by atoms with van der Waals surface area (Å²) < 4.78 is 32.0. The number of nitrogens with two attached hydrogens (primary N) is 1. The van der Waals surface area contributed by atoms with E-state index in [2.05, 4.69) is 5.43 Å². The van der Waals surface area contributed by atoms with Crippen LogP contribution in [0.3, 0.4) is 0 Å². The van der Waals surface area contributed by atoms with Crippen LogP contribution >= 0.6 is 0 Å². The Morgan fingerprint density at radius 3 is 2.11 bits per heavy atom. The van der Waals surface area contributed by atoms with Crippen molar-refractivity contribution in [3.63, 3.8) is 0 Å². The number of hydrogen-bond acceptors (Lipinski definition) is 3. The first-order chi connectivity index (χ1) is 9.01. The average Bonchev–Trinajstić information content (AvgIpc) is 2.38. The van der Waals surface area contributed by atoms with E-state index in [4.69, 9.17) is 10.6 Å².